The Morgan fingerprint density at radius 3 is 2.60 bits per heavy atom. The van der Waals surface area contributed by atoms with Crippen molar-refractivity contribution in [1.82, 2.24) is 5.32 Å². The zero-order valence-electron chi connectivity index (χ0n) is 9.17. The van der Waals surface area contributed by atoms with E-state index in [1.54, 1.807) is 0 Å². The second-order valence-corrected chi connectivity index (χ2v) is 5.53. The van der Waals surface area contributed by atoms with Gasteiger partial charge in [0, 0.05) is 10.5 Å². The van der Waals surface area contributed by atoms with E-state index in [1.165, 1.54) is 24.8 Å². The molecule has 0 saturated heterocycles. The number of nitrogens with one attached hydrogen (secondary N) is 1. The molecule has 1 aliphatic carbocycles. The van der Waals surface area contributed by atoms with Crippen LogP contribution >= 0.6 is 15.9 Å². The highest BCUT2D eigenvalue weighted by Gasteiger charge is 2.20. The highest BCUT2D eigenvalue weighted by atomic mass is 79.9. The Hall–Kier alpha value is -0.340. The van der Waals surface area contributed by atoms with Gasteiger partial charge in [0.05, 0.1) is 0 Å². The van der Waals surface area contributed by atoms with Gasteiger partial charge < -0.3 is 5.32 Å². The highest BCUT2D eigenvalue weighted by molar-refractivity contribution is 9.10. The van der Waals surface area contributed by atoms with Crippen LogP contribution in [0.25, 0.3) is 0 Å². The molecule has 0 radical (unpaired) electrons. The number of halogens is 1. The van der Waals surface area contributed by atoms with E-state index in [2.05, 4.69) is 52.4 Å². The standard InChI is InChI=1S/C13H18BrN/c1-10(9-15-13-6-7-13)8-11-2-4-12(14)5-3-11/h2-5,10,13,15H,6-9H2,1H3. The van der Waals surface area contributed by atoms with Crippen LogP contribution in [0.1, 0.15) is 25.3 Å². The normalized spacial score (nSPS) is 17.7. The van der Waals surface area contributed by atoms with Crippen LogP contribution in [-0.4, -0.2) is 12.6 Å². The van der Waals surface area contributed by atoms with Gasteiger partial charge in [0.15, 0.2) is 0 Å². The molecule has 1 aromatic rings. The summed E-state index contributed by atoms with van der Waals surface area (Å²) in [4.78, 5) is 0. The molecule has 1 unspecified atom stereocenters. The molecule has 0 amide bonds. The maximum absolute atomic E-state index is 3.58. The Morgan fingerprint density at radius 2 is 2.00 bits per heavy atom. The average molecular weight is 268 g/mol. The minimum Gasteiger partial charge on any atom is -0.314 e. The van der Waals surface area contributed by atoms with Crippen LogP contribution in [0.2, 0.25) is 0 Å². The molecule has 0 aliphatic heterocycles. The molecule has 82 valence electrons. The van der Waals surface area contributed by atoms with Crippen LogP contribution in [0.15, 0.2) is 28.7 Å². The molecule has 1 aromatic carbocycles. The summed E-state index contributed by atoms with van der Waals surface area (Å²) in [7, 11) is 0. The summed E-state index contributed by atoms with van der Waals surface area (Å²) in [5.41, 5.74) is 1.43. The Morgan fingerprint density at radius 1 is 1.33 bits per heavy atom. The first-order chi connectivity index (χ1) is 7.24. The van der Waals surface area contributed by atoms with E-state index >= 15 is 0 Å². The van der Waals surface area contributed by atoms with Crippen molar-refractivity contribution in [2.45, 2.75) is 32.2 Å². The second-order valence-electron chi connectivity index (χ2n) is 4.62. The summed E-state index contributed by atoms with van der Waals surface area (Å²) in [6.07, 6.45) is 3.93. The van der Waals surface area contributed by atoms with Gasteiger partial charge >= 0.3 is 0 Å². The number of rotatable bonds is 5. The maximum Gasteiger partial charge on any atom is 0.0175 e. The number of hydrogen-bond acceptors (Lipinski definition) is 1. The molecule has 0 bridgehead atoms. The van der Waals surface area contributed by atoms with Gasteiger partial charge in [0.25, 0.3) is 0 Å². The van der Waals surface area contributed by atoms with Crippen molar-refractivity contribution < 1.29 is 0 Å². The largest absolute Gasteiger partial charge is 0.314 e. The molecule has 1 fully saturated rings. The van der Waals surface area contributed by atoms with Crippen molar-refractivity contribution in [3.05, 3.63) is 34.3 Å². The van der Waals surface area contributed by atoms with Gasteiger partial charge in [0.2, 0.25) is 0 Å². The van der Waals surface area contributed by atoms with Gasteiger partial charge in [-0.05, 0) is 49.4 Å². The Kier molecular flexibility index (Phi) is 3.81. The second kappa shape index (κ2) is 5.13. The van der Waals surface area contributed by atoms with E-state index in [9.17, 15) is 0 Å². The minimum atomic E-state index is 0.728. The van der Waals surface area contributed by atoms with Crippen LogP contribution < -0.4 is 5.32 Å². The molecule has 2 rings (SSSR count). The lowest BCUT2D eigenvalue weighted by molar-refractivity contribution is 0.509. The Bertz CT molecular complexity index is 303. The minimum absolute atomic E-state index is 0.728. The molecule has 1 nitrogen and oxygen atoms in total. The van der Waals surface area contributed by atoms with Gasteiger partial charge in [-0.2, -0.15) is 0 Å². The molecule has 2 heteroatoms. The van der Waals surface area contributed by atoms with E-state index in [-0.39, 0.29) is 0 Å². The fraction of sp³-hybridized carbons (Fsp3) is 0.538. The van der Waals surface area contributed by atoms with E-state index in [0.717, 1.165) is 23.0 Å². The van der Waals surface area contributed by atoms with Crippen molar-refractivity contribution in [3.63, 3.8) is 0 Å². The molecule has 15 heavy (non-hydrogen) atoms. The predicted octanol–water partition coefficient (Wildman–Crippen LogP) is 3.38. The summed E-state index contributed by atoms with van der Waals surface area (Å²) in [5, 5.41) is 3.58. The molecular weight excluding hydrogens is 250 g/mol. The Balaban J connectivity index is 1.76. The monoisotopic (exact) mass is 267 g/mol. The summed E-state index contributed by atoms with van der Waals surface area (Å²) in [6, 6.07) is 9.49. The van der Waals surface area contributed by atoms with Gasteiger partial charge in [-0.3, -0.25) is 0 Å². The first-order valence-electron chi connectivity index (χ1n) is 5.72. The van der Waals surface area contributed by atoms with Crippen molar-refractivity contribution in [1.29, 1.82) is 0 Å². The van der Waals surface area contributed by atoms with Gasteiger partial charge in [-0.25, -0.2) is 0 Å². The van der Waals surface area contributed by atoms with Crippen LogP contribution in [0.3, 0.4) is 0 Å². The average Bonchev–Trinajstić information content (AvgIpc) is 3.02. The first-order valence-corrected chi connectivity index (χ1v) is 6.51. The van der Waals surface area contributed by atoms with Crippen molar-refractivity contribution in [3.8, 4) is 0 Å². The molecule has 0 spiro atoms. The third-order valence-corrected chi connectivity index (χ3v) is 3.36. The fourth-order valence-electron chi connectivity index (χ4n) is 1.75. The summed E-state index contributed by atoms with van der Waals surface area (Å²) in [6.45, 7) is 3.47. The quantitative estimate of drug-likeness (QED) is 0.863. The van der Waals surface area contributed by atoms with Crippen LogP contribution in [0.5, 0.6) is 0 Å². The van der Waals surface area contributed by atoms with Gasteiger partial charge in [-0.15, -0.1) is 0 Å². The van der Waals surface area contributed by atoms with E-state index in [1.807, 2.05) is 0 Å². The van der Waals surface area contributed by atoms with Crippen LogP contribution in [-0.2, 0) is 6.42 Å². The van der Waals surface area contributed by atoms with Crippen molar-refractivity contribution >= 4 is 15.9 Å². The van der Waals surface area contributed by atoms with E-state index in [0.29, 0.717) is 0 Å². The summed E-state index contributed by atoms with van der Waals surface area (Å²) < 4.78 is 1.16. The molecule has 1 atom stereocenters. The first kappa shape index (κ1) is 11.2. The third-order valence-electron chi connectivity index (χ3n) is 2.83. The van der Waals surface area contributed by atoms with E-state index < -0.39 is 0 Å². The third kappa shape index (κ3) is 3.96. The lowest BCUT2D eigenvalue weighted by Gasteiger charge is -2.12. The van der Waals surface area contributed by atoms with Gasteiger partial charge in [0.1, 0.15) is 0 Å². The lowest BCUT2D eigenvalue weighted by Crippen LogP contribution is -2.24. The summed E-state index contributed by atoms with van der Waals surface area (Å²) in [5.74, 6) is 0.728. The smallest absolute Gasteiger partial charge is 0.0175 e. The highest BCUT2D eigenvalue weighted by Crippen LogP contribution is 2.19. The van der Waals surface area contributed by atoms with Crippen LogP contribution in [0, 0.1) is 5.92 Å². The summed E-state index contributed by atoms with van der Waals surface area (Å²) >= 11 is 3.46. The fourth-order valence-corrected chi connectivity index (χ4v) is 2.01. The maximum atomic E-state index is 3.58. The Labute approximate surface area is 100 Å². The number of hydrogen-bond donors (Lipinski definition) is 1. The molecule has 0 heterocycles. The van der Waals surface area contributed by atoms with E-state index in [4.69, 9.17) is 0 Å². The molecule has 1 aliphatic rings. The SMILES string of the molecule is CC(CNC1CC1)Cc1ccc(Br)cc1. The molecule has 1 saturated carbocycles. The topological polar surface area (TPSA) is 12.0 Å². The van der Waals surface area contributed by atoms with Crippen molar-refractivity contribution in [2.24, 2.45) is 5.92 Å². The molecule has 1 N–H and O–H groups in total. The molecule has 0 aromatic heterocycles. The number of benzene rings is 1. The molecular formula is C13H18BrN. The van der Waals surface area contributed by atoms with Crippen molar-refractivity contribution in [2.75, 3.05) is 6.54 Å². The predicted molar refractivity (Wildman–Crippen MR) is 68.0 cm³/mol. The zero-order chi connectivity index (χ0) is 10.7. The zero-order valence-corrected chi connectivity index (χ0v) is 10.8. The van der Waals surface area contributed by atoms with Crippen LogP contribution in [0.4, 0.5) is 0 Å². The van der Waals surface area contributed by atoms with Gasteiger partial charge in [-0.1, -0.05) is 35.0 Å². The lowest BCUT2D eigenvalue weighted by atomic mass is 10.0.